The molecule has 0 radical (unpaired) electrons. The number of hydrogen-bond donors (Lipinski definition) is 1. The molecule has 4 heteroatoms. The molecular formula is C12H15Cl2NO. The number of nitrogens with one attached hydrogen (secondary N) is 1. The first kappa shape index (κ1) is 13.3. The van der Waals surface area contributed by atoms with E-state index < -0.39 is 0 Å². The second-order valence-corrected chi connectivity index (χ2v) is 5.73. The van der Waals surface area contributed by atoms with Crippen LogP contribution in [0.2, 0.25) is 10.0 Å². The largest absolute Gasteiger partial charge is 0.326 e. The van der Waals surface area contributed by atoms with E-state index in [0.717, 1.165) is 0 Å². The van der Waals surface area contributed by atoms with Crippen LogP contribution in [0, 0.1) is 5.41 Å². The molecule has 1 aromatic rings. The summed E-state index contributed by atoms with van der Waals surface area (Å²) in [6, 6.07) is 5.04. The number of benzene rings is 1. The lowest BCUT2D eigenvalue weighted by atomic mass is 9.92. The number of amides is 1. The van der Waals surface area contributed by atoms with E-state index in [2.05, 4.69) is 5.32 Å². The number of carbonyl (C=O) groups is 1. The van der Waals surface area contributed by atoms with Gasteiger partial charge in [-0.1, -0.05) is 44.0 Å². The Kier molecular flexibility index (Phi) is 4.22. The van der Waals surface area contributed by atoms with Crippen molar-refractivity contribution < 1.29 is 4.79 Å². The molecule has 88 valence electrons. The number of carbonyl (C=O) groups excluding carboxylic acids is 1. The fourth-order valence-electron chi connectivity index (χ4n) is 1.26. The van der Waals surface area contributed by atoms with Crippen LogP contribution in [0.5, 0.6) is 0 Å². The van der Waals surface area contributed by atoms with Gasteiger partial charge in [-0.05, 0) is 23.6 Å². The van der Waals surface area contributed by atoms with Gasteiger partial charge in [0.2, 0.25) is 5.91 Å². The van der Waals surface area contributed by atoms with Gasteiger partial charge in [-0.2, -0.15) is 0 Å². The zero-order chi connectivity index (χ0) is 12.3. The van der Waals surface area contributed by atoms with Gasteiger partial charge in [0.1, 0.15) is 0 Å². The highest BCUT2D eigenvalue weighted by Gasteiger charge is 2.16. The number of halogens is 2. The van der Waals surface area contributed by atoms with Gasteiger partial charge < -0.3 is 5.32 Å². The van der Waals surface area contributed by atoms with Crippen LogP contribution in [-0.2, 0) is 4.79 Å². The quantitative estimate of drug-likeness (QED) is 0.840. The Morgan fingerprint density at radius 3 is 2.38 bits per heavy atom. The zero-order valence-corrected chi connectivity index (χ0v) is 11.1. The minimum Gasteiger partial charge on any atom is -0.326 e. The van der Waals surface area contributed by atoms with Crippen molar-refractivity contribution in [1.29, 1.82) is 0 Å². The van der Waals surface area contributed by atoms with Crippen molar-refractivity contribution in [3.8, 4) is 0 Å². The van der Waals surface area contributed by atoms with Gasteiger partial charge in [0.15, 0.2) is 0 Å². The SMILES string of the molecule is CC(C)(C)CC(=O)Nc1ccc(Cl)c(Cl)c1. The Morgan fingerprint density at radius 1 is 1.25 bits per heavy atom. The van der Waals surface area contributed by atoms with Gasteiger partial charge >= 0.3 is 0 Å². The minimum absolute atomic E-state index is 0.0223. The third-order valence-electron chi connectivity index (χ3n) is 1.89. The number of rotatable bonds is 2. The van der Waals surface area contributed by atoms with Crippen LogP contribution in [0.15, 0.2) is 18.2 Å². The first-order valence-corrected chi connectivity index (χ1v) is 5.78. The molecule has 2 nitrogen and oxygen atoms in total. The van der Waals surface area contributed by atoms with Crippen LogP contribution in [0.25, 0.3) is 0 Å². The van der Waals surface area contributed by atoms with E-state index in [9.17, 15) is 4.79 Å². The number of anilines is 1. The van der Waals surface area contributed by atoms with Crippen LogP contribution in [0.1, 0.15) is 27.2 Å². The van der Waals surface area contributed by atoms with Crippen LogP contribution < -0.4 is 5.32 Å². The van der Waals surface area contributed by atoms with Crippen molar-refractivity contribution >= 4 is 34.8 Å². The van der Waals surface area contributed by atoms with Crippen LogP contribution in [0.3, 0.4) is 0 Å². The maximum Gasteiger partial charge on any atom is 0.224 e. The highest BCUT2D eigenvalue weighted by Crippen LogP contribution is 2.26. The Balaban J connectivity index is 2.67. The van der Waals surface area contributed by atoms with Crippen LogP contribution in [0.4, 0.5) is 5.69 Å². The Morgan fingerprint density at radius 2 is 1.88 bits per heavy atom. The molecule has 0 aliphatic rings. The Labute approximate surface area is 106 Å². The molecule has 0 spiro atoms. The molecule has 0 saturated heterocycles. The number of hydrogen-bond acceptors (Lipinski definition) is 1. The minimum atomic E-state index is -0.0275. The molecule has 16 heavy (non-hydrogen) atoms. The normalized spacial score (nSPS) is 11.3. The van der Waals surface area contributed by atoms with Gasteiger partial charge in [0.05, 0.1) is 10.0 Å². The lowest BCUT2D eigenvalue weighted by Gasteiger charge is -2.17. The van der Waals surface area contributed by atoms with Crippen molar-refractivity contribution in [1.82, 2.24) is 0 Å². The average Bonchev–Trinajstić information content (AvgIpc) is 2.08. The fraction of sp³-hybridized carbons (Fsp3) is 0.417. The molecule has 0 aliphatic carbocycles. The fourth-order valence-corrected chi connectivity index (χ4v) is 1.56. The maximum absolute atomic E-state index is 11.6. The average molecular weight is 260 g/mol. The van der Waals surface area contributed by atoms with Crippen LogP contribution >= 0.6 is 23.2 Å². The molecule has 1 rings (SSSR count). The topological polar surface area (TPSA) is 29.1 Å². The lowest BCUT2D eigenvalue weighted by molar-refractivity contribution is -0.117. The summed E-state index contributed by atoms with van der Waals surface area (Å²) in [6.45, 7) is 6.05. The summed E-state index contributed by atoms with van der Waals surface area (Å²) in [6.07, 6.45) is 0.466. The molecule has 1 aromatic carbocycles. The van der Waals surface area contributed by atoms with Gasteiger partial charge in [-0.25, -0.2) is 0 Å². The second-order valence-electron chi connectivity index (χ2n) is 4.91. The third kappa shape index (κ3) is 4.42. The first-order valence-electron chi connectivity index (χ1n) is 5.03. The molecule has 1 N–H and O–H groups in total. The summed E-state index contributed by atoms with van der Waals surface area (Å²) >= 11 is 11.6. The molecule has 1 amide bonds. The monoisotopic (exact) mass is 259 g/mol. The van der Waals surface area contributed by atoms with Gasteiger partial charge in [-0.3, -0.25) is 4.79 Å². The van der Waals surface area contributed by atoms with Gasteiger partial charge in [0.25, 0.3) is 0 Å². The summed E-state index contributed by atoms with van der Waals surface area (Å²) in [4.78, 5) is 11.6. The maximum atomic E-state index is 11.6. The predicted molar refractivity (Wildman–Crippen MR) is 69.2 cm³/mol. The highest BCUT2D eigenvalue weighted by molar-refractivity contribution is 6.42. The lowest BCUT2D eigenvalue weighted by Crippen LogP contribution is -2.19. The molecular weight excluding hydrogens is 245 g/mol. The van der Waals surface area contributed by atoms with Crippen molar-refractivity contribution in [2.45, 2.75) is 27.2 Å². The van der Waals surface area contributed by atoms with Crippen molar-refractivity contribution in [2.24, 2.45) is 5.41 Å². The van der Waals surface area contributed by atoms with Gasteiger partial charge in [-0.15, -0.1) is 0 Å². The van der Waals surface area contributed by atoms with E-state index in [-0.39, 0.29) is 11.3 Å². The molecule has 0 aromatic heterocycles. The predicted octanol–water partition coefficient (Wildman–Crippen LogP) is 4.37. The van der Waals surface area contributed by atoms with E-state index in [1.807, 2.05) is 20.8 Å². The van der Waals surface area contributed by atoms with Crippen molar-refractivity contribution in [3.63, 3.8) is 0 Å². The molecule has 0 aliphatic heterocycles. The summed E-state index contributed by atoms with van der Waals surface area (Å²) in [7, 11) is 0. The van der Waals surface area contributed by atoms with E-state index in [0.29, 0.717) is 22.2 Å². The van der Waals surface area contributed by atoms with Crippen LogP contribution in [-0.4, -0.2) is 5.91 Å². The molecule has 0 heterocycles. The Hall–Kier alpha value is -0.730. The van der Waals surface area contributed by atoms with E-state index in [4.69, 9.17) is 23.2 Å². The molecule has 0 bridgehead atoms. The van der Waals surface area contributed by atoms with Crippen molar-refractivity contribution in [3.05, 3.63) is 28.2 Å². The Bertz CT molecular complexity index is 396. The zero-order valence-electron chi connectivity index (χ0n) is 9.60. The molecule has 0 fully saturated rings. The standard InChI is InChI=1S/C12H15Cl2NO/c1-12(2,3)7-11(16)15-8-4-5-9(13)10(14)6-8/h4-6H,7H2,1-3H3,(H,15,16). The van der Waals surface area contributed by atoms with E-state index >= 15 is 0 Å². The summed E-state index contributed by atoms with van der Waals surface area (Å²) in [5, 5.41) is 3.71. The smallest absolute Gasteiger partial charge is 0.224 e. The summed E-state index contributed by atoms with van der Waals surface area (Å²) in [5.74, 6) is -0.0223. The second kappa shape index (κ2) is 5.07. The third-order valence-corrected chi connectivity index (χ3v) is 2.63. The molecule has 0 atom stereocenters. The molecule has 0 unspecified atom stereocenters. The summed E-state index contributed by atoms with van der Waals surface area (Å²) in [5.41, 5.74) is 0.643. The first-order chi connectivity index (χ1) is 7.28. The summed E-state index contributed by atoms with van der Waals surface area (Å²) < 4.78 is 0. The van der Waals surface area contributed by atoms with E-state index in [1.54, 1.807) is 18.2 Å². The van der Waals surface area contributed by atoms with Gasteiger partial charge in [0, 0.05) is 12.1 Å². The highest BCUT2D eigenvalue weighted by atomic mass is 35.5. The van der Waals surface area contributed by atoms with Crippen molar-refractivity contribution in [2.75, 3.05) is 5.32 Å². The molecule has 0 saturated carbocycles. The van der Waals surface area contributed by atoms with E-state index in [1.165, 1.54) is 0 Å².